The molecule has 0 bridgehead atoms. The molecule has 0 spiro atoms. The predicted octanol–water partition coefficient (Wildman–Crippen LogP) is 0.177. The fourth-order valence-corrected chi connectivity index (χ4v) is 2.17. The molecule has 0 saturated carbocycles. The van der Waals surface area contributed by atoms with Crippen LogP contribution < -0.4 is 5.73 Å². The van der Waals surface area contributed by atoms with Crippen LogP contribution in [0.5, 0.6) is 0 Å². The van der Waals surface area contributed by atoms with Crippen molar-refractivity contribution in [1.82, 2.24) is 7.96 Å². The molecule has 0 aliphatic heterocycles. The number of nitrogens with zero attached hydrogens (tertiary/aromatic N) is 3. The molecule has 0 unspecified atom stereocenters. The Morgan fingerprint density at radius 2 is 2.23 bits per heavy atom. The summed E-state index contributed by atoms with van der Waals surface area (Å²) >= 11 is -0.263. The summed E-state index contributed by atoms with van der Waals surface area (Å²) in [5.41, 5.74) is 6.37. The van der Waals surface area contributed by atoms with E-state index in [1.807, 2.05) is 0 Å². The Kier molecular flexibility index (Phi) is 1.75. The third kappa shape index (κ3) is 1.18. The van der Waals surface area contributed by atoms with Gasteiger partial charge in [-0.3, -0.25) is 0 Å². The van der Waals surface area contributed by atoms with Gasteiger partial charge in [0.25, 0.3) is 0 Å². The Labute approximate surface area is 78.7 Å². The molecular formula is C6H4N4O2Se. The van der Waals surface area contributed by atoms with Crippen molar-refractivity contribution < 1.29 is 4.92 Å². The van der Waals surface area contributed by atoms with E-state index in [0.29, 0.717) is 11.0 Å². The second kappa shape index (κ2) is 2.79. The van der Waals surface area contributed by atoms with Crippen LogP contribution in [0.2, 0.25) is 0 Å². The van der Waals surface area contributed by atoms with E-state index in [9.17, 15) is 10.1 Å². The molecule has 0 atom stereocenters. The van der Waals surface area contributed by atoms with Crippen molar-refractivity contribution in [3.63, 3.8) is 0 Å². The first-order valence-corrected chi connectivity index (χ1v) is 4.88. The van der Waals surface area contributed by atoms with Crippen molar-refractivity contribution in [2.45, 2.75) is 0 Å². The van der Waals surface area contributed by atoms with Crippen molar-refractivity contribution in [2.75, 3.05) is 5.73 Å². The van der Waals surface area contributed by atoms with E-state index in [-0.39, 0.29) is 26.3 Å². The van der Waals surface area contributed by atoms with Crippen molar-refractivity contribution in [3.05, 3.63) is 22.2 Å². The zero-order valence-corrected chi connectivity index (χ0v) is 8.01. The summed E-state index contributed by atoms with van der Waals surface area (Å²) in [5.74, 6) is 0. The molecule has 7 heteroatoms. The number of hydrogen-bond acceptors (Lipinski definition) is 5. The molecule has 13 heavy (non-hydrogen) atoms. The van der Waals surface area contributed by atoms with Gasteiger partial charge in [-0.05, 0) is 0 Å². The van der Waals surface area contributed by atoms with Gasteiger partial charge in [0, 0.05) is 0 Å². The van der Waals surface area contributed by atoms with Gasteiger partial charge in [0.05, 0.1) is 0 Å². The van der Waals surface area contributed by atoms with Gasteiger partial charge in [-0.2, -0.15) is 0 Å². The summed E-state index contributed by atoms with van der Waals surface area (Å²) in [6, 6.07) is 3.13. The van der Waals surface area contributed by atoms with Gasteiger partial charge in [0.2, 0.25) is 0 Å². The van der Waals surface area contributed by atoms with Crippen LogP contribution in [-0.4, -0.2) is 27.8 Å². The van der Waals surface area contributed by atoms with Crippen molar-refractivity contribution in [1.29, 1.82) is 0 Å². The van der Waals surface area contributed by atoms with Gasteiger partial charge >= 0.3 is 78.2 Å². The number of nitro groups is 1. The molecule has 6 nitrogen and oxygen atoms in total. The molecule has 2 aromatic rings. The van der Waals surface area contributed by atoms with Crippen LogP contribution in [0.3, 0.4) is 0 Å². The van der Waals surface area contributed by atoms with Gasteiger partial charge < -0.3 is 0 Å². The topological polar surface area (TPSA) is 94.9 Å². The number of nitrogens with two attached hydrogens (primary N) is 1. The molecule has 0 aliphatic carbocycles. The van der Waals surface area contributed by atoms with Gasteiger partial charge in [-0.25, -0.2) is 0 Å². The SMILES string of the molecule is Nc1ccc2n[se]nc2c1[N+](=O)[O-]. The van der Waals surface area contributed by atoms with E-state index in [1.165, 1.54) is 6.07 Å². The van der Waals surface area contributed by atoms with E-state index >= 15 is 0 Å². The van der Waals surface area contributed by atoms with Crippen LogP contribution in [0.4, 0.5) is 11.4 Å². The number of anilines is 1. The Balaban J connectivity index is 2.88. The fourth-order valence-electron chi connectivity index (χ4n) is 1.05. The molecule has 0 aliphatic rings. The van der Waals surface area contributed by atoms with Crippen molar-refractivity contribution in [3.8, 4) is 0 Å². The van der Waals surface area contributed by atoms with Gasteiger partial charge in [-0.15, -0.1) is 0 Å². The van der Waals surface area contributed by atoms with Gasteiger partial charge in [-0.1, -0.05) is 0 Å². The van der Waals surface area contributed by atoms with E-state index in [0.717, 1.165) is 0 Å². The van der Waals surface area contributed by atoms with E-state index < -0.39 is 4.92 Å². The first-order chi connectivity index (χ1) is 6.20. The van der Waals surface area contributed by atoms with Crippen LogP contribution in [0.25, 0.3) is 11.0 Å². The summed E-state index contributed by atoms with van der Waals surface area (Å²) in [6.07, 6.45) is 0. The summed E-state index contributed by atoms with van der Waals surface area (Å²) in [6.45, 7) is 0. The second-order valence-corrected chi connectivity index (χ2v) is 3.50. The third-order valence-corrected chi connectivity index (χ3v) is 2.75. The molecule has 0 fully saturated rings. The molecule has 0 amide bonds. The fraction of sp³-hybridized carbons (Fsp3) is 0. The van der Waals surface area contributed by atoms with Crippen LogP contribution >= 0.6 is 0 Å². The molecule has 2 N–H and O–H groups in total. The average Bonchev–Trinajstić information content (AvgIpc) is 2.50. The summed E-state index contributed by atoms with van der Waals surface area (Å²) in [5, 5.41) is 10.6. The standard InChI is InChI=1S/C6H4N4O2Se/c7-3-1-2-4-5(9-13-8-4)6(3)10(11)12/h1-2H,7H2. The molecule has 66 valence electrons. The number of fused-ring (bicyclic) bond motifs is 1. The Hall–Kier alpha value is -1.46. The molecule has 1 aromatic heterocycles. The third-order valence-electron chi connectivity index (χ3n) is 1.61. The second-order valence-electron chi connectivity index (χ2n) is 2.39. The van der Waals surface area contributed by atoms with E-state index in [1.54, 1.807) is 6.07 Å². The number of hydrogen-bond donors (Lipinski definition) is 1. The summed E-state index contributed by atoms with van der Waals surface area (Å²) in [7, 11) is 0. The number of rotatable bonds is 1. The monoisotopic (exact) mass is 244 g/mol. The van der Waals surface area contributed by atoms with Crippen molar-refractivity contribution >= 4 is 37.4 Å². The Morgan fingerprint density at radius 1 is 1.46 bits per heavy atom. The summed E-state index contributed by atoms with van der Waals surface area (Å²) < 4.78 is 7.97. The molecule has 0 radical (unpaired) electrons. The van der Waals surface area contributed by atoms with Crippen LogP contribution in [0, 0.1) is 10.1 Å². The minimum atomic E-state index is -0.519. The number of aromatic nitrogens is 2. The number of benzene rings is 1. The zero-order chi connectivity index (χ0) is 9.42. The van der Waals surface area contributed by atoms with E-state index in [2.05, 4.69) is 7.96 Å². The Morgan fingerprint density at radius 3 is 2.92 bits per heavy atom. The van der Waals surface area contributed by atoms with Crippen LogP contribution in [0.15, 0.2) is 12.1 Å². The molecule has 2 rings (SSSR count). The predicted molar refractivity (Wildman–Crippen MR) is 47.5 cm³/mol. The Bertz CT molecular complexity index is 480. The average molecular weight is 243 g/mol. The zero-order valence-electron chi connectivity index (χ0n) is 6.30. The molecule has 1 aromatic carbocycles. The maximum absolute atomic E-state index is 10.6. The van der Waals surface area contributed by atoms with Crippen LogP contribution in [-0.2, 0) is 0 Å². The van der Waals surface area contributed by atoms with Gasteiger partial charge in [0.1, 0.15) is 0 Å². The van der Waals surface area contributed by atoms with E-state index in [4.69, 9.17) is 5.73 Å². The quantitative estimate of drug-likeness (QED) is 0.333. The number of nitrogen functional groups attached to an aromatic ring is 1. The number of nitro benzene ring substituents is 1. The molecule has 0 saturated heterocycles. The first-order valence-electron chi connectivity index (χ1n) is 3.35. The first kappa shape index (κ1) is 8.15. The van der Waals surface area contributed by atoms with Crippen LogP contribution in [0.1, 0.15) is 0 Å². The molecular weight excluding hydrogens is 239 g/mol. The maximum atomic E-state index is 10.6. The van der Waals surface area contributed by atoms with Gasteiger partial charge in [0.15, 0.2) is 0 Å². The van der Waals surface area contributed by atoms with Crippen molar-refractivity contribution in [2.24, 2.45) is 0 Å². The minimum absolute atomic E-state index is 0.124. The normalized spacial score (nSPS) is 10.5. The molecule has 1 heterocycles. The summed E-state index contributed by atoms with van der Waals surface area (Å²) in [4.78, 5) is 10.1.